The van der Waals surface area contributed by atoms with Crippen LogP contribution in [-0.2, 0) is 7.05 Å². The molecule has 3 aromatic rings. The van der Waals surface area contributed by atoms with Crippen molar-refractivity contribution in [1.82, 2.24) is 9.36 Å². The molecule has 144 valence electrons. The van der Waals surface area contributed by atoms with E-state index in [1.807, 2.05) is 6.07 Å². The third-order valence-electron chi connectivity index (χ3n) is 4.43. The van der Waals surface area contributed by atoms with Gasteiger partial charge in [0.1, 0.15) is 11.4 Å². The van der Waals surface area contributed by atoms with Crippen LogP contribution in [0, 0.1) is 17.0 Å². The van der Waals surface area contributed by atoms with E-state index < -0.39 is 16.4 Å². The molecule has 0 bridgehead atoms. The lowest BCUT2D eigenvalue weighted by Gasteiger charge is -2.08. The molecule has 0 aliphatic rings. The number of benzene rings is 2. The second-order valence-corrected chi connectivity index (χ2v) is 6.03. The van der Waals surface area contributed by atoms with E-state index in [0.717, 1.165) is 6.07 Å². The number of anilines is 1. The summed E-state index contributed by atoms with van der Waals surface area (Å²) < 4.78 is 8.17. The van der Waals surface area contributed by atoms with Crippen LogP contribution in [0.15, 0.2) is 53.3 Å². The Morgan fingerprint density at radius 1 is 1.18 bits per heavy atom. The van der Waals surface area contributed by atoms with Crippen LogP contribution in [0.4, 0.5) is 11.4 Å². The number of nitrogens with zero attached hydrogens (tertiary/aromatic N) is 3. The van der Waals surface area contributed by atoms with Crippen molar-refractivity contribution in [2.45, 2.75) is 6.92 Å². The van der Waals surface area contributed by atoms with E-state index in [4.69, 9.17) is 4.74 Å². The third kappa shape index (κ3) is 3.25. The molecule has 0 saturated heterocycles. The lowest BCUT2D eigenvalue weighted by atomic mass is 10.1. The van der Waals surface area contributed by atoms with E-state index in [-0.39, 0.29) is 22.7 Å². The number of hydrogen-bond acceptors (Lipinski definition) is 5. The Kier molecular flexibility index (Phi) is 4.99. The standard InChI is InChI=1S/C19H18N4O5/c1-12-17(19(25)22(21(12)2)13-7-5-4-6-8-13)20-18(24)15-11-14(23(26)27)9-10-16(15)28-3/h4-11H,1-3H3,(H,20,24). The summed E-state index contributed by atoms with van der Waals surface area (Å²) in [5.74, 6) is -0.508. The maximum atomic E-state index is 12.9. The van der Waals surface area contributed by atoms with Crippen LogP contribution in [0.5, 0.6) is 5.75 Å². The van der Waals surface area contributed by atoms with Crippen molar-refractivity contribution >= 4 is 17.3 Å². The number of carbonyl (C=O) groups excluding carboxylic acids is 1. The number of ether oxygens (including phenoxy) is 1. The first-order valence-corrected chi connectivity index (χ1v) is 8.33. The molecule has 0 aliphatic heterocycles. The summed E-state index contributed by atoms with van der Waals surface area (Å²) in [5.41, 5.74) is 0.565. The molecular formula is C19H18N4O5. The van der Waals surface area contributed by atoms with Gasteiger partial charge < -0.3 is 10.1 Å². The van der Waals surface area contributed by atoms with Crippen LogP contribution < -0.4 is 15.6 Å². The highest BCUT2D eigenvalue weighted by Gasteiger charge is 2.22. The Hall–Kier alpha value is -3.88. The number of amides is 1. The highest BCUT2D eigenvalue weighted by molar-refractivity contribution is 6.06. The predicted octanol–water partition coefficient (Wildman–Crippen LogP) is 2.65. The molecule has 9 nitrogen and oxygen atoms in total. The smallest absolute Gasteiger partial charge is 0.295 e. The van der Waals surface area contributed by atoms with Crippen molar-refractivity contribution in [3.63, 3.8) is 0 Å². The summed E-state index contributed by atoms with van der Waals surface area (Å²) in [7, 11) is 3.06. The van der Waals surface area contributed by atoms with Crippen molar-refractivity contribution in [3.05, 3.63) is 80.3 Å². The molecule has 0 spiro atoms. The van der Waals surface area contributed by atoms with Crippen LogP contribution in [0.1, 0.15) is 16.1 Å². The minimum atomic E-state index is -0.674. The van der Waals surface area contributed by atoms with Gasteiger partial charge in [0.05, 0.1) is 29.0 Å². The number of methoxy groups -OCH3 is 1. The number of nitro benzene ring substituents is 1. The fraction of sp³-hybridized carbons (Fsp3) is 0.158. The number of nitrogens with one attached hydrogen (secondary N) is 1. The number of aromatic nitrogens is 2. The first-order chi connectivity index (χ1) is 13.3. The van der Waals surface area contributed by atoms with Gasteiger partial charge in [0.25, 0.3) is 17.2 Å². The Labute approximate surface area is 159 Å². The molecule has 1 heterocycles. The molecule has 9 heteroatoms. The maximum Gasteiger partial charge on any atom is 0.295 e. The monoisotopic (exact) mass is 382 g/mol. The first-order valence-electron chi connectivity index (χ1n) is 8.33. The van der Waals surface area contributed by atoms with Gasteiger partial charge in [-0.3, -0.25) is 24.4 Å². The third-order valence-corrected chi connectivity index (χ3v) is 4.43. The van der Waals surface area contributed by atoms with E-state index in [2.05, 4.69) is 5.32 Å². The van der Waals surface area contributed by atoms with Crippen LogP contribution in [0.3, 0.4) is 0 Å². The average Bonchev–Trinajstić information content (AvgIpc) is 2.91. The predicted molar refractivity (Wildman–Crippen MR) is 103 cm³/mol. The number of rotatable bonds is 5. The molecule has 0 unspecified atom stereocenters. The van der Waals surface area contributed by atoms with E-state index >= 15 is 0 Å². The van der Waals surface area contributed by atoms with Crippen molar-refractivity contribution < 1.29 is 14.5 Å². The van der Waals surface area contributed by atoms with Gasteiger partial charge in [-0.25, -0.2) is 4.68 Å². The zero-order valence-corrected chi connectivity index (χ0v) is 15.5. The summed E-state index contributed by atoms with van der Waals surface area (Å²) >= 11 is 0. The first kappa shape index (κ1) is 18.9. The van der Waals surface area contributed by atoms with E-state index in [0.29, 0.717) is 11.4 Å². The number of para-hydroxylation sites is 1. The molecule has 2 aromatic carbocycles. The lowest BCUT2D eigenvalue weighted by molar-refractivity contribution is -0.384. The van der Waals surface area contributed by atoms with Crippen LogP contribution in [0.2, 0.25) is 0 Å². The second-order valence-electron chi connectivity index (χ2n) is 6.03. The molecule has 1 amide bonds. The average molecular weight is 382 g/mol. The van der Waals surface area contributed by atoms with Crippen LogP contribution in [-0.4, -0.2) is 27.3 Å². The summed E-state index contributed by atoms with van der Waals surface area (Å²) in [4.78, 5) is 36.1. The van der Waals surface area contributed by atoms with Gasteiger partial charge in [-0.15, -0.1) is 0 Å². The zero-order valence-electron chi connectivity index (χ0n) is 15.5. The Bertz CT molecular complexity index is 1120. The topological polar surface area (TPSA) is 108 Å². The van der Waals surface area contributed by atoms with Gasteiger partial charge in [0.2, 0.25) is 0 Å². The second kappa shape index (κ2) is 7.39. The highest BCUT2D eigenvalue weighted by atomic mass is 16.6. The molecule has 0 atom stereocenters. The fourth-order valence-electron chi connectivity index (χ4n) is 2.88. The Morgan fingerprint density at radius 2 is 1.86 bits per heavy atom. The van der Waals surface area contributed by atoms with Gasteiger partial charge in [0, 0.05) is 19.2 Å². The van der Waals surface area contributed by atoms with Gasteiger partial charge in [-0.1, -0.05) is 18.2 Å². The normalized spacial score (nSPS) is 10.5. The van der Waals surface area contributed by atoms with E-state index in [1.54, 1.807) is 42.9 Å². The molecule has 1 N–H and O–H groups in total. The molecule has 0 radical (unpaired) electrons. The van der Waals surface area contributed by atoms with Crippen LogP contribution >= 0.6 is 0 Å². The Balaban J connectivity index is 2.04. The van der Waals surface area contributed by atoms with Crippen LogP contribution in [0.25, 0.3) is 5.69 Å². The minimum absolute atomic E-state index is 0.0365. The molecule has 1 aromatic heterocycles. The van der Waals surface area contributed by atoms with E-state index in [1.165, 1.54) is 23.9 Å². The molecule has 0 saturated carbocycles. The summed E-state index contributed by atoms with van der Waals surface area (Å²) in [6, 6.07) is 12.7. The number of nitro groups is 1. The zero-order chi connectivity index (χ0) is 20.4. The quantitative estimate of drug-likeness (QED) is 0.539. The van der Waals surface area contributed by atoms with Gasteiger partial charge >= 0.3 is 0 Å². The van der Waals surface area contributed by atoms with E-state index in [9.17, 15) is 19.7 Å². The molecule has 0 fully saturated rings. The fourth-order valence-corrected chi connectivity index (χ4v) is 2.88. The summed E-state index contributed by atoms with van der Waals surface area (Å²) in [5, 5.41) is 13.6. The molecular weight excluding hydrogens is 364 g/mol. The van der Waals surface area contributed by atoms with Gasteiger partial charge in [0.15, 0.2) is 0 Å². The maximum absolute atomic E-state index is 12.9. The van der Waals surface area contributed by atoms with Gasteiger partial charge in [-0.05, 0) is 25.1 Å². The SMILES string of the molecule is COc1ccc([N+](=O)[O-])cc1C(=O)Nc1c(C)n(C)n(-c2ccccc2)c1=O. The molecule has 3 rings (SSSR count). The summed E-state index contributed by atoms with van der Waals surface area (Å²) in [6.07, 6.45) is 0. The van der Waals surface area contributed by atoms with Crippen molar-refractivity contribution in [3.8, 4) is 11.4 Å². The number of hydrogen-bond donors (Lipinski definition) is 1. The van der Waals surface area contributed by atoms with Crippen molar-refractivity contribution in [1.29, 1.82) is 0 Å². The lowest BCUT2D eigenvalue weighted by Crippen LogP contribution is -2.23. The largest absolute Gasteiger partial charge is 0.496 e. The highest BCUT2D eigenvalue weighted by Crippen LogP contribution is 2.25. The molecule has 0 aliphatic carbocycles. The molecule has 28 heavy (non-hydrogen) atoms. The van der Waals surface area contributed by atoms with Crippen molar-refractivity contribution in [2.75, 3.05) is 12.4 Å². The Morgan fingerprint density at radius 3 is 2.46 bits per heavy atom. The van der Waals surface area contributed by atoms with Gasteiger partial charge in [-0.2, -0.15) is 0 Å². The summed E-state index contributed by atoms with van der Waals surface area (Å²) in [6.45, 7) is 1.70. The van der Waals surface area contributed by atoms with Crippen molar-refractivity contribution in [2.24, 2.45) is 7.05 Å². The minimum Gasteiger partial charge on any atom is -0.496 e. The number of non-ortho nitro benzene ring substituents is 1. The number of carbonyl (C=O) groups is 1.